The minimum atomic E-state index is -0.435. The molecule has 80 valence electrons. The van der Waals surface area contributed by atoms with Crippen LogP contribution in [0.4, 0.5) is 0 Å². The number of hydrogen-bond acceptors (Lipinski definition) is 4. The minimum absolute atomic E-state index is 0.0505. The number of benzene rings is 1. The molecule has 1 N–H and O–H groups in total. The van der Waals surface area contributed by atoms with E-state index < -0.39 is 5.97 Å². The molecule has 0 unspecified atom stereocenters. The average Bonchev–Trinajstić information content (AvgIpc) is 3.04. The molecule has 0 aromatic heterocycles. The van der Waals surface area contributed by atoms with Gasteiger partial charge in [0.25, 0.3) is 0 Å². The van der Waals surface area contributed by atoms with E-state index in [9.17, 15) is 9.90 Å². The lowest BCUT2D eigenvalue weighted by molar-refractivity contribution is 0.0600. The highest BCUT2D eigenvalue weighted by Gasteiger charge is 2.25. The second-order valence-corrected chi connectivity index (χ2v) is 3.49. The minimum Gasteiger partial charge on any atom is -0.504 e. The summed E-state index contributed by atoms with van der Waals surface area (Å²) in [7, 11) is 1.32. The van der Waals surface area contributed by atoms with Crippen LogP contribution in [0.3, 0.4) is 0 Å². The normalized spacial score (nSPS) is 14.7. The highest BCUT2D eigenvalue weighted by molar-refractivity contribution is 5.90. The Morgan fingerprint density at radius 2 is 2.20 bits per heavy atom. The summed E-state index contributed by atoms with van der Waals surface area (Å²) in [6.07, 6.45) is 2.19. The van der Waals surface area contributed by atoms with Gasteiger partial charge >= 0.3 is 5.97 Å². The molecule has 0 atom stereocenters. The first-order valence-electron chi connectivity index (χ1n) is 4.78. The molecule has 1 aromatic carbocycles. The Balaban J connectivity index is 2.22. The van der Waals surface area contributed by atoms with Gasteiger partial charge in [-0.3, -0.25) is 0 Å². The number of phenolic OH excluding ortho intramolecular Hbond substituents is 1. The lowest BCUT2D eigenvalue weighted by Gasteiger charge is -2.07. The third-order valence-corrected chi connectivity index (χ3v) is 2.20. The number of carbonyl (C=O) groups excluding carboxylic acids is 1. The second-order valence-electron chi connectivity index (χ2n) is 3.49. The van der Waals surface area contributed by atoms with Crippen molar-refractivity contribution in [3.05, 3.63) is 23.8 Å². The lowest BCUT2D eigenvalue weighted by atomic mass is 10.2. The van der Waals surface area contributed by atoms with E-state index >= 15 is 0 Å². The quantitative estimate of drug-likeness (QED) is 0.768. The van der Waals surface area contributed by atoms with Crippen LogP contribution in [0, 0.1) is 0 Å². The highest BCUT2D eigenvalue weighted by atomic mass is 16.5. The molecule has 4 heteroatoms. The largest absolute Gasteiger partial charge is 0.504 e. The number of esters is 1. The molecule has 0 bridgehead atoms. The standard InChI is InChI=1S/C11H12O4/c1-14-11(13)7-2-5-9(12)10(6-7)15-8-3-4-8/h2,5-6,8,12H,3-4H2,1H3. The summed E-state index contributed by atoms with van der Waals surface area (Å²) < 4.78 is 10.0. The molecule has 1 aliphatic rings. The Labute approximate surface area is 87.4 Å². The van der Waals surface area contributed by atoms with Gasteiger partial charge in [0.15, 0.2) is 11.5 Å². The predicted molar refractivity (Wildman–Crippen MR) is 53.1 cm³/mol. The molecule has 1 aliphatic carbocycles. The van der Waals surface area contributed by atoms with Gasteiger partial charge in [-0.1, -0.05) is 0 Å². The number of phenols is 1. The molecular formula is C11H12O4. The van der Waals surface area contributed by atoms with Gasteiger partial charge in [0.05, 0.1) is 18.8 Å². The summed E-state index contributed by atoms with van der Waals surface area (Å²) in [6, 6.07) is 4.43. The number of rotatable bonds is 3. The number of methoxy groups -OCH3 is 1. The summed E-state index contributed by atoms with van der Waals surface area (Å²) in [6.45, 7) is 0. The number of aromatic hydroxyl groups is 1. The number of hydrogen-bond donors (Lipinski definition) is 1. The van der Waals surface area contributed by atoms with Gasteiger partial charge in [0.2, 0.25) is 0 Å². The summed E-state index contributed by atoms with van der Waals surface area (Å²) >= 11 is 0. The molecule has 0 saturated heterocycles. The Kier molecular flexibility index (Phi) is 2.49. The Hall–Kier alpha value is -1.71. The van der Waals surface area contributed by atoms with Crippen LogP contribution in [-0.2, 0) is 4.74 Å². The van der Waals surface area contributed by atoms with Crippen molar-refractivity contribution in [2.24, 2.45) is 0 Å². The SMILES string of the molecule is COC(=O)c1ccc(O)c(OC2CC2)c1. The molecule has 0 heterocycles. The van der Waals surface area contributed by atoms with E-state index in [2.05, 4.69) is 4.74 Å². The van der Waals surface area contributed by atoms with Crippen molar-refractivity contribution < 1.29 is 19.4 Å². The Morgan fingerprint density at radius 1 is 1.47 bits per heavy atom. The van der Waals surface area contributed by atoms with Crippen LogP contribution in [0.25, 0.3) is 0 Å². The van der Waals surface area contributed by atoms with Crippen LogP contribution in [0.2, 0.25) is 0 Å². The molecule has 0 radical (unpaired) electrons. The summed E-state index contributed by atoms with van der Waals surface area (Å²) in [5.41, 5.74) is 0.381. The first-order chi connectivity index (χ1) is 7.20. The van der Waals surface area contributed by atoms with Gasteiger partial charge < -0.3 is 14.6 Å². The number of carbonyl (C=O) groups is 1. The monoisotopic (exact) mass is 208 g/mol. The first kappa shape index (κ1) is 9.83. The highest BCUT2D eigenvalue weighted by Crippen LogP contribution is 2.33. The Morgan fingerprint density at radius 3 is 2.80 bits per heavy atom. The van der Waals surface area contributed by atoms with Crippen LogP contribution in [0.1, 0.15) is 23.2 Å². The molecular weight excluding hydrogens is 196 g/mol. The fourth-order valence-electron chi connectivity index (χ4n) is 1.22. The van der Waals surface area contributed by atoms with Crippen molar-refractivity contribution in [3.8, 4) is 11.5 Å². The summed E-state index contributed by atoms with van der Waals surface area (Å²) in [4.78, 5) is 11.2. The maximum absolute atomic E-state index is 11.2. The maximum Gasteiger partial charge on any atom is 0.337 e. The molecule has 0 spiro atoms. The van der Waals surface area contributed by atoms with Crippen molar-refractivity contribution >= 4 is 5.97 Å². The van der Waals surface area contributed by atoms with Gasteiger partial charge in [-0.2, -0.15) is 0 Å². The molecule has 15 heavy (non-hydrogen) atoms. The smallest absolute Gasteiger partial charge is 0.337 e. The molecule has 1 aromatic rings. The molecule has 0 amide bonds. The van der Waals surface area contributed by atoms with Gasteiger partial charge in [-0.25, -0.2) is 4.79 Å². The van der Waals surface area contributed by atoms with E-state index in [1.54, 1.807) is 0 Å². The van der Waals surface area contributed by atoms with Crippen molar-refractivity contribution in [1.29, 1.82) is 0 Å². The molecule has 4 nitrogen and oxygen atoms in total. The van der Waals surface area contributed by atoms with E-state index in [1.807, 2.05) is 0 Å². The Bertz CT molecular complexity index is 382. The van der Waals surface area contributed by atoms with Gasteiger partial charge in [0, 0.05) is 0 Å². The number of ether oxygens (including phenoxy) is 2. The van der Waals surface area contributed by atoms with E-state index in [0.717, 1.165) is 12.8 Å². The fourth-order valence-corrected chi connectivity index (χ4v) is 1.22. The van der Waals surface area contributed by atoms with Crippen LogP contribution < -0.4 is 4.74 Å². The zero-order chi connectivity index (χ0) is 10.8. The van der Waals surface area contributed by atoms with Crippen LogP contribution >= 0.6 is 0 Å². The third kappa shape index (κ3) is 2.21. The van der Waals surface area contributed by atoms with Crippen LogP contribution in [0.5, 0.6) is 11.5 Å². The second kappa shape index (κ2) is 3.81. The molecule has 0 aliphatic heterocycles. The van der Waals surface area contributed by atoms with Crippen molar-refractivity contribution in [3.63, 3.8) is 0 Å². The maximum atomic E-state index is 11.2. The van der Waals surface area contributed by atoms with Crippen molar-refractivity contribution in [1.82, 2.24) is 0 Å². The predicted octanol–water partition coefficient (Wildman–Crippen LogP) is 1.72. The van der Waals surface area contributed by atoms with Crippen LogP contribution in [0.15, 0.2) is 18.2 Å². The summed E-state index contributed by atoms with van der Waals surface area (Å²) in [5, 5.41) is 9.49. The summed E-state index contributed by atoms with van der Waals surface area (Å²) in [5.74, 6) is -0.0365. The van der Waals surface area contributed by atoms with E-state index in [4.69, 9.17) is 4.74 Å². The zero-order valence-corrected chi connectivity index (χ0v) is 8.40. The van der Waals surface area contributed by atoms with Gasteiger partial charge in [-0.15, -0.1) is 0 Å². The zero-order valence-electron chi connectivity index (χ0n) is 8.40. The van der Waals surface area contributed by atoms with Gasteiger partial charge in [0.1, 0.15) is 0 Å². The van der Waals surface area contributed by atoms with E-state index in [1.165, 1.54) is 25.3 Å². The van der Waals surface area contributed by atoms with Crippen LogP contribution in [-0.4, -0.2) is 24.3 Å². The van der Waals surface area contributed by atoms with E-state index in [0.29, 0.717) is 11.3 Å². The first-order valence-corrected chi connectivity index (χ1v) is 4.78. The van der Waals surface area contributed by atoms with Gasteiger partial charge in [-0.05, 0) is 31.0 Å². The van der Waals surface area contributed by atoms with Crippen molar-refractivity contribution in [2.75, 3.05) is 7.11 Å². The molecule has 1 fully saturated rings. The van der Waals surface area contributed by atoms with Crippen molar-refractivity contribution in [2.45, 2.75) is 18.9 Å². The molecule has 2 rings (SSSR count). The molecule has 1 saturated carbocycles. The fraction of sp³-hybridized carbons (Fsp3) is 0.364. The third-order valence-electron chi connectivity index (χ3n) is 2.20. The topological polar surface area (TPSA) is 55.8 Å². The average molecular weight is 208 g/mol. The van der Waals surface area contributed by atoms with E-state index in [-0.39, 0.29) is 11.9 Å². The lowest BCUT2D eigenvalue weighted by Crippen LogP contribution is -2.03.